The summed E-state index contributed by atoms with van der Waals surface area (Å²) in [6.07, 6.45) is 12.9. The fourth-order valence-electron chi connectivity index (χ4n) is 2.62. The van der Waals surface area contributed by atoms with Crippen LogP contribution in [0.25, 0.3) is 0 Å². The van der Waals surface area contributed by atoms with Crippen LogP contribution in [-0.4, -0.2) is 23.3 Å². The van der Waals surface area contributed by atoms with Gasteiger partial charge in [0.05, 0.1) is 5.60 Å². The van der Waals surface area contributed by atoms with E-state index in [1.165, 1.54) is 12.8 Å². The molecule has 0 amide bonds. The molecule has 0 aromatic rings. The lowest BCUT2D eigenvalue weighted by molar-refractivity contribution is -0.0256. The molecule has 2 rings (SSSR count). The highest BCUT2D eigenvalue weighted by atomic mass is 16.3. The Morgan fingerprint density at radius 3 is 2.80 bits per heavy atom. The molecule has 2 nitrogen and oxygen atoms in total. The molecule has 1 fully saturated rings. The summed E-state index contributed by atoms with van der Waals surface area (Å²) in [7, 11) is 0. The number of hydrogen-bond acceptors (Lipinski definition) is 2. The van der Waals surface area contributed by atoms with Gasteiger partial charge in [-0.2, -0.15) is 0 Å². The highest BCUT2D eigenvalue weighted by molar-refractivity contribution is 5.15. The van der Waals surface area contributed by atoms with Crippen LogP contribution in [-0.2, 0) is 0 Å². The standard InChI is InChI=1S/C13H21NO/c1-13(15,11-7-3-2-4-8-11)12-9-5-6-10-14-12/h2-4,7,11-12,14-15H,5-6,8-10H2,1H3/t11?,12-,13?/m0/s1. The van der Waals surface area contributed by atoms with Gasteiger partial charge in [-0.3, -0.25) is 0 Å². The molecule has 0 aromatic heterocycles. The van der Waals surface area contributed by atoms with Crippen LogP contribution in [0.2, 0.25) is 0 Å². The number of rotatable bonds is 2. The molecule has 1 heterocycles. The topological polar surface area (TPSA) is 32.3 Å². The molecule has 0 spiro atoms. The van der Waals surface area contributed by atoms with Gasteiger partial charge in [0.25, 0.3) is 0 Å². The molecular formula is C13H21NO. The minimum absolute atomic E-state index is 0.257. The fourth-order valence-corrected chi connectivity index (χ4v) is 2.62. The van der Waals surface area contributed by atoms with Gasteiger partial charge in [-0.05, 0) is 32.7 Å². The molecule has 2 N–H and O–H groups in total. The summed E-state index contributed by atoms with van der Waals surface area (Å²) in [5.41, 5.74) is -0.609. The van der Waals surface area contributed by atoms with Crippen molar-refractivity contribution in [1.82, 2.24) is 5.32 Å². The maximum absolute atomic E-state index is 10.6. The van der Waals surface area contributed by atoms with E-state index >= 15 is 0 Å². The summed E-state index contributed by atoms with van der Waals surface area (Å²) in [6.45, 7) is 3.03. The Kier molecular flexibility index (Phi) is 3.27. The summed E-state index contributed by atoms with van der Waals surface area (Å²) in [5.74, 6) is 0.262. The monoisotopic (exact) mass is 207 g/mol. The van der Waals surface area contributed by atoms with Crippen molar-refractivity contribution in [2.24, 2.45) is 5.92 Å². The van der Waals surface area contributed by atoms with Crippen LogP contribution in [0.5, 0.6) is 0 Å². The second-order valence-corrected chi connectivity index (χ2v) is 4.88. The lowest BCUT2D eigenvalue weighted by Gasteiger charge is -2.41. The first-order valence-electron chi connectivity index (χ1n) is 6.00. The second kappa shape index (κ2) is 4.50. The molecular weight excluding hydrogens is 186 g/mol. The molecule has 15 heavy (non-hydrogen) atoms. The number of hydrogen-bond donors (Lipinski definition) is 2. The van der Waals surface area contributed by atoms with Crippen molar-refractivity contribution < 1.29 is 5.11 Å². The Bertz CT molecular complexity index is 262. The van der Waals surface area contributed by atoms with Crippen molar-refractivity contribution in [2.45, 2.75) is 44.2 Å². The minimum atomic E-state index is -0.609. The predicted octanol–water partition coefficient (Wildman–Crippen LogP) is 2.01. The molecule has 0 aromatic carbocycles. The molecule has 0 radical (unpaired) electrons. The highest BCUT2D eigenvalue weighted by Gasteiger charge is 2.38. The molecule has 2 aliphatic rings. The molecule has 1 saturated heterocycles. The largest absolute Gasteiger partial charge is 0.388 e. The van der Waals surface area contributed by atoms with Gasteiger partial charge in [-0.1, -0.05) is 30.7 Å². The van der Waals surface area contributed by atoms with E-state index in [4.69, 9.17) is 0 Å². The fraction of sp³-hybridized carbons (Fsp3) is 0.692. The summed E-state index contributed by atoms with van der Waals surface area (Å²) in [6, 6.07) is 0.257. The predicted molar refractivity (Wildman–Crippen MR) is 62.7 cm³/mol. The number of nitrogens with one attached hydrogen (secondary N) is 1. The van der Waals surface area contributed by atoms with E-state index in [2.05, 4.69) is 23.5 Å². The van der Waals surface area contributed by atoms with E-state index in [-0.39, 0.29) is 12.0 Å². The van der Waals surface area contributed by atoms with Crippen LogP contribution in [0.1, 0.15) is 32.6 Å². The van der Waals surface area contributed by atoms with Crippen molar-refractivity contribution in [2.75, 3.05) is 6.54 Å². The average molecular weight is 207 g/mol. The lowest BCUT2D eigenvalue weighted by atomic mass is 9.76. The maximum Gasteiger partial charge on any atom is 0.0837 e. The zero-order chi connectivity index (χ0) is 10.7. The van der Waals surface area contributed by atoms with E-state index in [0.29, 0.717) is 0 Å². The molecule has 84 valence electrons. The van der Waals surface area contributed by atoms with Gasteiger partial charge in [-0.15, -0.1) is 0 Å². The van der Waals surface area contributed by atoms with Crippen molar-refractivity contribution in [3.8, 4) is 0 Å². The van der Waals surface area contributed by atoms with Gasteiger partial charge in [0.1, 0.15) is 0 Å². The van der Waals surface area contributed by atoms with E-state index in [1.807, 2.05) is 13.0 Å². The van der Waals surface area contributed by atoms with E-state index in [0.717, 1.165) is 19.4 Å². The van der Waals surface area contributed by atoms with Crippen LogP contribution < -0.4 is 5.32 Å². The van der Waals surface area contributed by atoms with Crippen LogP contribution in [0.3, 0.4) is 0 Å². The Hall–Kier alpha value is -0.600. The van der Waals surface area contributed by atoms with E-state index < -0.39 is 5.60 Å². The molecule has 3 atom stereocenters. The molecule has 1 aliphatic heterocycles. The third kappa shape index (κ3) is 2.32. The Morgan fingerprint density at radius 1 is 1.33 bits per heavy atom. The lowest BCUT2D eigenvalue weighted by Crippen LogP contribution is -2.54. The van der Waals surface area contributed by atoms with Crippen molar-refractivity contribution >= 4 is 0 Å². The summed E-state index contributed by atoms with van der Waals surface area (Å²) in [4.78, 5) is 0. The van der Waals surface area contributed by atoms with Gasteiger partial charge in [0.15, 0.2) is 0 Å². The van der Waals surface area contributed by atoms with Gasteiger partial charge >= 0.3 is 0 Å². The van der Waals surface area contributed by atoms with Crippen molar-refractivity contribution in [1.29, 1.82) is 0 Å². The second-order valence-electron chi connectivity index (χ2n) is 4.88. The normalized spacial score (nSPS) is 35.1. The summed E-state index contributed by atoms with van der Waals surface area (Å²) >= 11 is 0. The van der Waals surface area contributed by atoms with Crippen molar-refractivity contribution in [3.63, 3.8) is 0 Å². The maximum atomic E-state index is 10.6. The molecule has 1 aliphatic carbocycles. The SMILES string of the molecule is CC(O)(C1C=CC=CC1)[C@@H]1CCCCN1. The number of aliphatic hydroxyl groups is 1. The summed E-state index contributed by atoms with van der Waals surface area (Å²) in [5, 5.41) is 14.1. The average Bonchev–Trinajstić information content (AvgIpc) is 2.31. The highest BCUT2D eigenvalue weighted by Crippen LogP contribution is 2.31. The van der Waals surface area contributed by atoms with Gasteiger partial charge in [-0.25, -0.2) is 0 Å². The summed E-state index contributed by atoms with van der Waals surface area (Å²) < 4.78 is 0. The Balaban J connectivity index is 2.03. The zero-order valence-corrected chi connectivity index (χ0v) is 9.45. The zero-order valence-electron chi connectivity index (χ0n) is 9.45. The minimum Gasteiger partial charge on any atom is -0.388 e. The first kappa shape index (κ1) is 10.9. The smallest absolute Gasteiger partial charge is 0.0837 e. The Labute approximate surface area is 92.1 Å². The quantitative estimate of drug-likeness (QED) is 0.726. The molecule has 0 saturated carbocycles. The van der Waals surface area contributed by atoms with Gasteiger partial charge in [0, 0.05) is 12.0 Å². The first-order chi connectivity index (χ1) is 7.21. The number of piperidine rings is 1. The van der Waals surface area contributed by atoms with Crippen molar-refractivity contribution in [3.05, 3.63) is 24.3 Å². The Morgan fingerprint density at radius 2 is 2.20 bits per heavy atom. The van der Waals surface area contributed by atoms with E-state index in [9.17, 15) is 5.11 Å². The van der Waals surface area contributed by atoms with Crippen LogP contribution in [0.4, 0.5) is 0 Å². The van der Waals surface area contributed by atoms with Crippen LogP contribution >= 0.6 is 0 Å². The van der Waals surface area contributed by atoms with Crippen LogP contribution in [0.15, 0.2) is 24.3 Å². The molecule has 0 bridgehead atoms. The molecule has 2 heteroatoms. The van der Waals surface area contributed by atoms with E-state index in [1.54, 1.807) is 0 Å². The van der Waals surface area contributed by atoms with Gasteiger partial charge < -0.3 is 10.4 Å². The first-order valence-corrected chi connectivity index (χ1v) is 6.00. The third-order valence-corrected chi connectivity index (χ3v) is 3.75. The third-order valence-electron chi connectivity index (χ3n) is 3.75. The number of allylic oxidation sites excluding steroid dienone is 3. The van der Waals surface area contributed by atoms with Crippen LogP contribution in [0, 0.1) is 5.92 Å². The molecule has 2 unspecified atom stereocenters. The van der Waals surface area contributed by atoms with Gasteiger partial charge in [0.2, 0.25) is 0 Å².